The van der Waals surface area contributed by atoms with Gasteiger partial charge in [0, 0.05) is 38.3 Å². The van der Waals surface area contributed by atoms with Crippen molar-refractivity contribution in [3.05, 3.63) is 0 Å². The van der Waals surface area contributed by atoms with Crippen LogP contribution in [0.2, 0.25) is 0 Å². The van der Waals surface area contributed by atoms with Gasteiger partial charge in [0.2, 0.25) is 23.6 Å². The highest BCUT2D eigenvalue weighted by atomic mass is 32.2. The molecule has 0 radical (unpaired) electrons. The van der Waals surface area contributed by atoms with Gasteiger partial charge in [-0.3, -0.25) is 33.7 Å². The van der Waals surface area contributed by atoms with Crippen molar-refractivity contribution >= 4 is 53.2 Å². The van der Waals surface area contributed by atoms with Gasteiger partial charge in [-0.05, 0) is 5.25 Å². The van der Waals surface area contributed by atoms with Crippen LogP contribution in [0, 0.1) is 5.92 Å². The van der Waals surface area contributed by atoms with Crippen molar-refractivity contribution in [2.75, 3.05) is 19.6 Å². The van der Waals surface area contributed by atoms with E-state index < -0.39 is 40.8 Å². The van der Waals surface area contributed by atoms with E-state index in [1.165, 1.54) is 11.8 Å². The Bertz CT molecular complexity index is 846. The molecule has 2 rings (SSSR count). The number of thioether (sulfide) groups is 1. The van der Waals surface area contributed by atoms with Gasteiger partial charge in [-0.1, -0.05) is 20.8 Å². The molecule has 0 aromatic carbocycles. The Morgan fingerprint density at radius 3 is 2.30 bits per heavy atom. The second-order valence-corrected chi connectivity index (χ2v) is 9.77. The monoisotopic (exact) mass is 484 g/mol. The highest BCUT2D eigenvalue weighted by molar-refractivity contribution is 8.01. The lowest BCUT2D eigenvalue weighted by Gasteiger charge is -2.15. The fourth-order valence-corrected chi connectivity index (χ4v) is 4.31. The van der Waals surface area contributed by atoms with Gasteiger partial charge < -0.3 is 15.5 Å². The number of carbonyl (C=O) groups is 7. The Balaban J connectivity index is 1.61. The average molecular weight is 485 g/mol. The van der Waals surface area contributed by atoms with Crippen molar-refractivity contribution in [2.45, 2.75) is 57.0 Å². The minimum atomic E-state index is -0.857. The maximum Gasteiger partial charge on any atom is 0.334 e. The zero-order valence-corrected chi connectivity index (χ0v) is 19.6. The number of amides is 6. The minimum absolute atomic E-state index is 0.0277. The van der Waals surface area contributed by atoms with E-state index >= 15 is 0 Å². The molecule has 2 unspecified atom stereocenters. The molecule has 2 atom stereocenters. The smallest absolute Gasteiger partial charge is 0.334 e. The number of carbonyl (C=O) groups excluding carboxylic acids is 7. The van der Waals surface area contributed by atoms with Gasteiger partial charge in [-0.15, -0.1) is 16.8 Å². The van der Waals surface area contributed by atoms with Gasteiger partial charge in [0.05, 0.1) is 18.2 Å². The zero-order chi connectivity index (χ0) is 24.7. The third-order valence-electron chi connectivity index (χ3n) is 4.82. The topological polar surface area (TPSA) is 159 Å². The highest BCUT2D eigenvalue weighted by Crippen LogP contribution is 2.28. The molecule has 13 heteroatoms. The highest BCUT2D eigenvalue weighted by Gasteiger charge is 2.40. The first kappa shape index (κ1) is 26.3. The van der Waals surface area contributed by atoms with Crippen LogP contribution in [0.1, 0.15) is 46.5 Å². The van der Waals surface area contributed by atoms with Gasteiger partial charge >= 0.3 is 5.97 Å². The molecule has 0 aromatic rings. The first-order chi connectivity index (χ1) is 15.5. The summed E-state index contributed by atoms with van der Waals surface area (Å²) >= 11 is 1.41. The molecule has 6 amide bonds. The summed E-state index contributed by atoms with van der Waals surface area (Å²) in [6, 6.07) is 0. The van der Waals surface area contributed by atoms with Crippen molar-refractivity contribution in [3.8, 4) is 0 Å². The average Bonchev–Trinajstić information content (AvgIpc) is 3.13. The van der Waals surface area contributed by atoms with Crippen LogP contribution in [0.25, 0.3) is 0 Å². The summed E-state index contributed by atoms with van der Waals surface area (Å²) in [5, 5.41) is 4.98. The summed E-state index contributed by atoms with van der Waals surface area (Å²) in [6.45, 7) is 4.88. The summed E-state index contributed by atoms with van der Waals surface area (Å²) in [5.74, 6) is -4.29. The minimum Gasteiger partial charge on any atom is -0.354 e. The van der Waals surface area contributed by atoms with Gasteiger partial charge in [0.1, 0.15) is 0 Å². The van der Waals surface area contributed by atoms with Crippen LogP contribution in [-0.4, -0.2) is 81.5 Å². The van der Waals surface area contributed by atoms with E-state index in [1.54, 1.807) is 6.92 Å². The predicted octanol–water partition coefficient (Wildman–Crippen LogP) is -0.879. The Kier molecular flexibility index (Phi) is 9.38. The Hall–Kier alpha value is -2.96. The largest absolute Gasteiger partial charge is 0.354 e. The van der Waals surface area contributed by atoms with Gasteiger partial charge in [0.25, 0.3) is 11.8 Å². The molecule has 0 aromatic heterocycles. The molecule has 2 saturated heterocycles. The molecule has 12 nitrogen and oxygen atoms in total. The second-order valence-electron chi connectivity index (χ2n) is 7.98. The lowest BCUT2D eigenvalue weighted by atomic mass is 10.1. The van der Waals surface area contributed by atoms with E-state index in [0.29, 0.717) is 5.06 Å². The molecule has 2 aliphatic heterocycles. The van der Waals surface area contributed by atoms with E-state index in [4.69, 9.17) is 4.84 Å². The van der Waals surface area contributed by atoms with Gasteiger partial charge in [-0.25, -0.2) is 4.79 Å². The SMILES string of the molecule is CC(C)SC1CC(=O)N(CCC(=O)NCC(=O)NCCC(=O)ON2C(=O)CC(C)C2=O)C1=O. The number of imide groups is 2. The van der Waals surface area contributed by atoms with Crippen LogP contribution in [0.4, 0.5) is 0 Å². The summed E-state index contributed by atoms with van der Waals surface area (Å²) in [5.41, 5.74) is 0. The van der Waals surface area contributed by atoms with Crippen molar-refractivity contribution in [1.29, 1.82) is 0 Å². The summed E-state index contributed by atoms with van der Waals surface area (Å²) in [4.78, 5) is 88.8. The summed E-state index contributed by atoms with van der Waals surface area (Å²) in [7, 11) is 0. The summed E-state index contributed by atoms with van der Waals surface area (Å²) in [6.07, 6.45) is -0.320. The van der Waals surface area contributed by atoms with Crippen molar-refractivity contribution < 1.29 is 38.4 Å². The third-order valence-corrected chi connectivity index (χ3v) is 6.06. The first-order valence-corrected chi connectivity index (χ1v) is 11.5. The van der Waals surface area contributed by atoms with Crippen molar-refractivity contribution in [2.24, 2.45) is 5.92 Å². The Morgan fingerprint density at radius 2 is 1.70 bits per heavy atom. The molecule has 0 saturated carbocycles. The van der Waals surface area contributed by atoms with Crippen LogP contribution < -0.4 is 10.6 Å². The molecule has 0 aliphatic carbocycles. The Morgan fingerprint density at radius 1 is 1.00 bits per heavy atom. The lowest BCUT2D eigenvalue weighted by molar-refractivity contribution is -0.198. The number of hydroxylamine groups is 2. The van der Waals surface area contributed by atoms with E-state index in [2.05, 4.69) is 10.6 Å². The molecule has 0 bridgehead atoms. The molecule has 2 heterocycles. The molecular formula is C20H28N4O8S. The third kappa shape index (κ3) is 7.55. The number of likely N-dealkylation sites (tertiary alicyclic amines) is 1. The van der Waals surface area contributed by atoms with Crippen LogP contribution >= 0.6 is 11.8 Å². The summed E-state index contributed by atoms with van der Waals surface area (Å²) < 4.78 is 0. The molecule has 33 heavy (non-hydrogen) atoms. The zero-order valence-electron chi connectivity index (χ0n) is 18.8. The molecule has 182 valence electrons. The predicted molar refractivity (Wildman–Crippen MR) is 115 cm³/mol. The molecule has 0 spiro atoms. The first-order valence-electron chi connectivity index (χ1n) is 10.6. The van der Waals surface area contributed by atoms with Crippen molar-refractivity contribution in [3.63, 3.8) is 0 Å². The van der Waals surface area contributed by atoms with E-state index in [9.17, 15) is 33.6 Å². The van der Waals surface area contributed by atoms with Crippen LogP contribution in [0.15, 0.2) is 0 Å². The Labute approximate surface area is 195 Å². The van der Waals surface area contributed by atoms with E-state index in [0.717, 1.165) is 4.90 Å². The number of hydrogen-bond acceptors (Lipinski definition) is 9. The molecule has 2 N–H and O–H groups in total. The maximum absolute atomic E-state index is 12.3. The van der Waals surface area contributed by atoms with E-state index in [1.807, 2.05) is 13.8 Å². The van der Waals surface area contributed by atoms with E-state index in [-0.39, 0.29) is 62.4 Å². The fraction of sp³-hybridized carbons (Fsp3) is 0.650. The fourth-order valence-electron chi connectivity index (χ4n) is 3.17. The van der Waals surface area contributed by atoms with Crippen LogP contribution in [-0.2, 0) is 38.4 Å². The van der Waals surface area contributed by atoms with Gasteiger partial charge in [-0.2, -0.15) is 0 Å². The number of rotatable bonds is 11. The van der Waals surface area contributed by atoms with Gasteiger partial charge in [0.15, 0.2) is 0 Å². The quantitative estimate of drug-likeness (QED) is 0.355. The lowest BCUT2D eigenvalue weighted by Crippen LogP contribution is -2.40. The molecule has 2 fully saturated rings. The number of nitrogens with one attached hydrogen (secondary N) is 2. The van der Waals surface area contributed by atoms with Crippen LogP contribution in [0.3, 0.4) is 0 Å². The molecule has 2 aliphatic rings. The maximum atomic E-state index is 12.3. The number of nitrogens with zero attached hydrogens (tertiary/aromatic N) is 2. The number of hydrogen-bond donors (Lipinski definition) is 2. The second kappa shape index (κ2) is 11.8. The standard InChI is InChI=1S/C20H28N4O8S/c1-11(2)33-13-9-16(27)23(20(13)31)7-5-14(25)22-10-15(26)21-6-4-18(29)32-24-17(28)8-12(3)19(24)30/h11-13H,4-10H2,1-3H3,(H,21,26)(H,22,25). The van der Waals surface area contributed by atoms with Crippen molar-refractivity contribution in [1.82, 2.24) is 20.6 Å². The molecular weight excluding hydrogens is 456 g/mol. The normalized spacial score (nSPS) is 20.6. The van der Waals surface area contributed by atoms with Crippen LogP contribution in [0.5, 0.6) is 0 Å².